The summed E-state index contributed by atoms with van der Waals surface area (Å²) in [6.07, 6.45) is 0.388. The summed E-state index contributed by atoms with van der Waals surface area (Å²) >= 11 is 0. The predicted octanol–water partition coefficient (Wildman–Crippen LogP) is 4.12. The fourth-order valence-corrected chi connectivity index (χ4v) is 2.34. The topological polar surface area (TPSA) is 59.3 Å². The summed E-state index contributed by atoms with van der Waals surface area (Å²) in [5, 5.41) is 3.20. The minimum absolute atomic E-state index is 0.0926. The predicted molar refractivity (Wildman–Crippen MR) is 91.6 cm³/mol. The highest BCUT2D eigenvalue weighted by atomic mass is 16.3. The van der Waals surface area contributed by atoms with Crippen molar-refractivity contribution < 1.29 is 9.21 Å². The zero-order valence-electron chi connectivity index (χ0n) is 13.1. The monoisotopic (exact) mass is 307 g/mol. The fourth-order valence-electron chi connectivity index (χ4n) is 2.34. The second-order valence-electron chi connectivity index (χ2n) is 5.45. The lowest BCUT2D eigenvalue weighted by Gasteiger charge is -2.06. The lowest BCUT2D eigenvalue weighted by atomic mass is 10.1. The second-order valence-corrected chi connectivity index (χ2v) is 5.45. The number of nitrogens with one attached hydrogen (secondary N) is 1. The van der Waals surface area contributed by atoms with Crippen molar-refractivity contribution in [3.05, 3.63) is 64.3 Å². The molecule has 0 saturated carbocycles. The summed E-state index contributed by atoms with van der Waals surface area (Å²) in [7, 11) is 0. The molecule has 0 unspecified atom stereocenters. The Kier molecular flexibility index (Phi) is 3.98. The van der Waals surface area contributed by atoms with Gasteiger partial charge in [0.25, 0.3) is 0 Å². The Hall–Kier alpha value is -2.88. The van der Waals surface area contributed by atoms with Crippen molar-refractivity contribution in [2.45, 2.75) is 20.3 Å². The molecule has 1 amide bonds. The third-order valence-corrected chi connectivity index (χ3v) is 3.67. The largest absolute Gasteiger partial charge is 0.456 e. The quantitative estimate of drug-likeness (QED) is 0.792. The smallest absolute Gasteiger partial charge is 0.224 e. The molecule has 3 rings (SSSR count). The Morgan fingerprint density at radius 2 is 1.83 bits per heavy atom. The standard InChI is InChI=1S/C19H17NO3/c1-3-19(22)20-14-8-9-17-15(10-14)16(21)11-18(23-17)13-6-4-12(2)5-7-13/h4-11H,3H2,1-2H3,(H,20,22). The average Bonchev–Trinajstić information content (AvgIpc) is 2.55. The van der Waals surface area contributed by atoms with E-state index >= 15 is 0 Å². The normalized spacial score (nSPS) is 10.7. The summed E-state index contributed by atoms with van der Waals surface area (Å²) in [6.45, 7) is 3.78. The van der Waals surface area contributed by atoms with Crippen LogP contribution in [-0.2, 0) is 4.79 Å². The van der Waals surface area contributed by atoms with Gasteiger partial charge in [0.15, 0.2) is 5.43 Å². The molecular formula is C19H17NO3. The van der Waals surface area contributed by atoms with E-state index in [1.165, 1.54) is 6.07 Å². The van der Waals surface area contributed by atoms with E-state index in [4.69, 9.17) is 4.42 Å². The van der Waals surface area contributed by atoms with E-state index in [9.17, 15) is 9.59 Å². The SMILES string of the molecule is CCC(=O)Nc1ccc2oc(-c3ccc(C)cc3)cc(=O)c2c1. The molecule has 0 fully saturated rings. The van der Waals surface area contributed by atoms with E-state index in [0.29, 0.717) is 28.8 Å². The summed E-state index contributed by atoms with van der Waals surface area (Å²) in [5.74, 6) is 0.442. The van der Waals surface area contributed by atoms with Crippen molar-refractivity contribution in [3.63, 3.8) is 0 Å². The highest BCUT2D eigenvalue weighted by Crippen LogP contribution is 2.24. The van der Waals surface area contributed by atoms with Crippen LogP contribution in [-0.4, -0.2) is 5.91 Å². The molecule has 0 saturated heterocycles. The maximum absolute atomic E-state index is 12.4. The number of hydrogen-bond acceptors (Lipinski definition) is 3. The van der Waals surface area contributed by atoms with Crippen molar-refractivity contribution in [3.8, 4) is 11.3 Å². The maximum atomic E-state index is 12.4. The van der Waals surface area contributed by atoms with Gasteiger partial charge in [-0.05, 0) is 25.1 Å². The highest BCUT2D eigenvalue weighted by molar-refractivity contribution is 5.93. The van der Waals surface area contributed by atoms with Crippen molar-refractivity contribution in [1.82, 2.24) is 0 Å². The molecule has 1 N–H and O–H groups in total. The molecule has 4 nitrogen and oxygen atoms in total. The van der Waals surface area contributed by atoms with E-state index < -0.39 is 0 Å². The first-order valence-corrected chi connectivity index (χ1v) is 7.51. The maximum Gasteiger partial charge on any atom is 0.224 e. The van der Waals surface area contributed by atoms with Gasteiger partial charge in [0, 0.05) is 23.7 Å². The van der Waals surface area contributed by atoms with Crippen molar-refractivity contribution in [2.75, 3.05) is 5.32 Å². The number of fused-ring (bicyclic) bond motifs is 1. The van der Waals surface area contributed by atoms with Gasteiger partial charge in [0.2, 0.25) is 5.91 Å². The van der Waals surface area contributed by atoms with Gasteiger partial charge in [-0.3, -0.25) is 9.59 Å². The van der Waals surface area contributed by atoms with Gasteiger partial charge < -0.3 is 9.73 Å². The molecule has 0 aliphatic heterocycles. The van der Waals surface area contributed by atoms with Crippen LogP contribution in [0, 0.1) is 6.92 Å². The zero-order chi connectivity index (χ0) is 16.4. The Balaban J connectivity index is 2.06. The molecule has 0 radical (unpaired) electrons. The van der Waals surface area contributed by atoms with Gasteiger partial charge >= 0.3 is 0 Å². The number of amides is 1. The van der Waals surface area contributed by atoms with E-state index in [1.807, 2.05) is 31.2 Å². The van der Waals surface area contributed by atoms with Crippen LogP contribution >= 0.6 is 0 Å². The third kappa shape index (κ3) is 3.16. The minimum Gasteiger partial charge on any atom is -0.456 e. The first-order valence-electron chi connectivity index (χ1n) is 7.51. The highest BCUT2D eigenvalue weighted by Gasteiger charge is 2.08. The number of benzene rings is 2. The van der Waals surface area contributed by atoms with Crippen LogP contribution in [0.25, 0.3) is 22.3 Å². The van der Waals surface area contributed by atoms with Crippen molar-refractivity contribution in [2.24, 2.45) is 0 Å². The Morgan fingerprint density at radius 3 is 2.52 bits per heavy atom. The number of carbonyl (C=O) groups is 1. The Morgan fingerprint density at radius 1 is 1.09 bits per heavy atom. The molecule has 116 valence electrons. The van der Waals surface area contributed by atoms with Crippen LogP contribution in [0.4, 0.5) is 5.69 Å². The molecule has 2 aromatic carbocycles. The molecular weight excluding hydrogens is 290 g/mol. The van der Waals surface area contributed by atoms with Crippen LogP contribution < -0.4 is 10.7 Å². The molecule has 0 bridgehead atoms. The average molecular weight is 307 g/mol. The van der Waals surface area contributed by atoms with Gasteiger partial charge in [-0.1, -0.05) is 36.8 Å². The molecule has 1 heterocycles. The number of aryl methyl sites for hydroxylation is 1. The molecule has 4 heteroatoms. The number of hydrogen-bond donors (Lipinski definition) is 1. The van der Waals surface area contributed by atoms with Crippen LogP contribution in [0.5, 0.6) is 0 Å². The van der Waals surface area contributed by atoms with Crippen molar-refractivity contribution >= 4 is 22.6 Å². The molecule has 0 spiro atoms. The van der Waals surface area contributed by atoms with E-state index in [1.54, 1.807) is 25.1 Å². The molecule has 1 aromatic heterocycles. The van der Waals surface area contributed by atoms with Gasteiger partial charge in [0.1, 0.15) is 11.3 Å². The first kappa shape index (κ1) is 15.0. The third-order valence-electron chi connectivity index (χ3n) is 3.67. The van der Waals surface area contributed by atoms with E-state index in [0.717, 1.165) is 11.1 Å². The van der Waals surface area contributed by atoms with Crippen molar-refractivity contribution in [1.29, 1.82) is 0 Å². The molecule has 0 aliphatic carbocycles. The van der Waals surface area contributed by atoms with E-state index in [-0.39, 0.29) is 11.3 Å². The summed E-state index contributed by atoms with van der Waals surface area (Å²) in [6, 6.07) is 14.4. The molecule has 23 heavy (non-hydrogen) atoms. The lowest BCUT2D eigenvalue weighted by molar-refractivity contribution is -0.115. The first-order chi connectivity index (χ1) is 11.1. The lowest BCUT2D eigenvalue weighted by Crippen LogP contribution is -2.10. The minimum atomic E-state index is -0.130. The fraction of sp³-hybridized carbons (Fsp3) is 0.158. The molecule has 3 aromatic rings. The van der Waals surface area contributed by atoms with Gasteiger partial charge in [-0.25, -0.2) is 0 Å². The van der Waals surface area contributed by atoms with Crippen LogP contribution in [0.1, 0.15) is 18.9 Å². The van der Waals surface area contributed by atoms with Crippen LogP contribution in [0.15, 0.2) is 57.7 Å². The zero-order valence-corrected chi connectivity index (χ0v) is 13.1. The van der Waals surface area contributed by atoms with Gasteiger partial charge in [-0.2, -0.15) is 0 Å². The summed E-state index contributed by atoms with van der Waals surface area (Å²) < 4.78 is 5.84. The molecule has 0 aliphatic rings. The molecule has 0 atom stereocenters. The number of anilines is 1. The number of rotatable bonds is 3. The number of carbonyl (C=O) groups excluding carboxylic acids is 1. The summed E-state index contributed by atoms with van der Waals surface area (Å²) in [5.41, 5.74) is 2.97. The second kappa shape index (κ2) is 6.08. The Labute approximate surface area is 133 Å². The van der Waals surface area contributed by atoms with Gasteiger partial charge in [-0.15, -0.1) is 0 Å². The summed E-state index contributed by atoms with van der Waals surface area (Å²) in [4.78, 5) is 23.8. The Bertz CT molecular complexity index is 923. The van der Waals surface area contributed by atoms with Crippen LogP contribution in [0.3, 0.4) is 0 Å². The van der Waals surface area contributed by atoms with Crippen LogP contribution in [0.2, 0.25) is 0 Å². The van der Waals surface area contributed by atoms with Gasteiger partial charge in [0.05, 0.1) is 5.39 Å². The van der Waals surface area contributed by atoms with E-state index in [2.05, 4.69) is 5.32 Å².